The lowest BCUT2D eigenvalue weighted by Crippen LogP contribution is -2.00. The summed E-state index contributed by atoms with van der Waals surface area (Å²) in [5, 5.41) is 3.40. The van der Waals surface area contributed by atoms with Gasteiger partial charge in [-0.2, -0.15) is 0 Å². The largest absolute Gasteiger partial charge is 0.255 e. The Morgan fingerprint density at radius 2 is 1.02 bits per heavy atom. The summed E-state index contributed by atoms with van der Waals surface area (Å²) in [6.07, 6.45) is 1.84. The molecule has 3 aromatic heterocycles. The van der Waals surface area contributed by atoms with Crippen LogP contribution >= 0.6 is 11.3 Å². The van der Waals surface area contributed by atoms with Crippen LogP contribution in [0.15, 0.2) is 140 Å². The van der Waals surface area contributed by atoms with E-state index in [1.807, 2.05) is 85.1 Å². The maximum Gasteiger partial charge on any atom is 0.165 e. The van der Waals surface area contributed by atoms with Crippen LogP contribution < -0.4 is 0 Å². The lowest BCUT2D eigenvalue weighted by Gasteiger charge is -2.09. The van der Waals surface area contributed by atoms with Crippen LogP contribution in [0.3, 0.4) is 0 Å². The molecule has 8 aromatic rings. The maximum absolute atomic E-state index is 4.89. The number of aromatic nitrogens is 5. The number of nitrogens with zero attached hydrogens (tertiary/aromatic N) is 5. The lowest BCUT2D eigenvalue weighted by atomic mass is 10.0. The van der Waals surface area contributed by atoms with Crippen molar-refractivity contribution in [2.75, 3.05) is 0 Å². The Bertz CT molecular complexity index is 2150. The molecule has 0 aliphatic carbocycles. The molecule has 0 aliphatic heterocycles. The average molecular weight is 570 g/mol. The molecule has 0 saturated heterocycles. The first kappa shape index (κ1) is 25.1. The average Bonchev–Trinajstić information content (AvgIpc) is 3.54. The van der Waals surface area contributed by atoms with Gasteiger partial charge in [-0.1, -0.05) is 109 Å². The highest BCUT2D eigenvalue weighted by atomic mass is 32.1. The minimum absolute atomic E-state index is 0.590. The van der Waals surface area contributed by atoms with Crippen molar-refractivity contribution in [1.82, 2.24) is 24.9 Å². The van der Waals surface area contributed by atoms with Crippen molar-refractivity contribution >= 4 is 32.3 Å². The fourth-order valence-corrected chi connectivity index (χ4v) is 6.32. The highest BCUT2D eigenvalue weighted by molar-refractivity contribution is 7.22. The first-order valence-corrected chi connectivity index (χ1v) is 14.8. The van der Waals surface area contributed by atoms with Gasteiger partial charge in [0.1, 0.15) is 5.01 Å². The van der Waals surface area contributed by atoms with Gasteiger partial charge in [-0.3, -0.25) is 4.98 Å². The van der Waals surface area contributed by atoms with Gasteiger partial charge in [0.15, 0.2) is 17.5 Å². The quantitative estimate of drug-likeness (QED) is 0.207. The minimum Gasteiger partial charge on any atom is -0.255 e. The molecule has 6 heteroatoms. The number of rotatable bonds is 5. The second-order valence-electron chi connectivity index (χ2n) is 10.2. The molecule has 0 unspecified atom stereocenters. The van der Waals surface area contributed by atoms with Crippen LogP contribution in [-0.4, -0.2) is 24.9 Å². The van der Waals surface area contributed by atoms with Crippen LogP contribution in [0.5, 0.6) is 0 Å². The molecular weight excluding hydrogens is 547 g/mol. The summed E-state index contributed by atoms with van der Waals surface area (Å²) < 4.78 is 1.20. The van der Waals surface area contributed by atoms with Crippen LogP contribution in [-0.2, 0) is 0 Å². The van der Waals surface area contributed by atoms with Crippen molar-refractivity contribution in [2.24, 2.45) is 0 Å². The van der Waals surface area contributed by atoms with Crippen LogP contribution in [0, 0.1) is 0 Å². The van der Waals surface area contributed by atoms with Crippen LogP contribution in [0.25, 0.3) is 77.0 Å². The molecule has 0 saturated carbocycles. The van der Waals surface area contributed by atoms with Gasteiger partial charge >= 0.3 is 0 Å². The highest BCUT2D eigenvalue weighted by Gasteiger charge is 2.14. The normalized spacial score (nSPS) is 11.3. The number of hydrogen-bond acceptors (Lipinski definition) is 6. The Morgan fingerprint density at radius 3 is 1.63 bits per heavy atom. The van der Waals surface area contributed by atoms with Gasteiger partial charge in [0.25, 0.3) is 0 Å². The molecule has 0 fully saturated rings. The molecule has 8 rings (SSSR count). The fraction of sp³-hybridized carbons (Fsp3) is 0. The molecule has 3 heterocycles. The number of benzene rings is 5. The third kappa shape index (κ3) is 4.84. The Balaban J connectivity index is 1.15. The smallest absolute Gasteiger partial charge is 0.165 e. The van der Waals surface area contributed by atoms with Crippen LogP contribution in [0.1, 0.15) is 0 Å². The molecule has 0 radical (unpaired) electrons. The monoisotopic (exact) mass is 569 g/mol. The summed E-state index contributed by atoms with van der Waals surface area (Å²) in [5.41, 5.74) is 6.82. The van der Waals surface area contributed by atoms with Gasteiger partial charge in [0.2, 0.25) is 0 Å². The summed E-state index contributed by atoms with van der Waals surface area (Å²) in [4.78, 5) is 24.2. The fourth-order valence-electron chi connectivity index (χ4n) is 5.21. The molecule has 0 atom stereocenters. The van der Waals surface area contributed by atoms with E-state index < -0.39 is 0 Å². The molecular formula is C37H23N5S. The zero-order valence-corrected chi connectivity index (χ0v) is 23.7. The predicted molar refractivity (Wildman–Crippen MR) is 175 cm³/mol. The predicted octanol–water partition coefficient (Wildman–Crippen LogP) is 9.36. The lowest BCUT2D eigenvalue weighted by molar-refractivity contribution is 1.07. The summed E-state index contributed by atoms with van der Waals surface area (Å²) in [7, 11) is 0. The van der Waals surface area contributed by atoms with Crippen LogP contribution in [0.4, 0.5) is 0 Å². The second kappa shape index (κ2) is 10.7. The standard InChI is InChI=1S/C37H23N5S/c1-4-10-24(11-5-1)34-40-35(25-12-6-2-7-13-25)42-36(41-34)29-18-20-31(38-23-29)28-16-19-30-27(22-28)17-21-32-33(30)43-37(39-32)26-14-8-3-9-15-26/h1-23H. The van der Waals surface area contributed by atoms with E-state index >= 15 is 0 Å². The van der Waals surface area contributed by atoms with Gasteiger partial charge in [0.05, 0.1) is 15.9 Å². The third-order valence-corrected chi connectivity index (χ3v) is 8.56. The Kier molecular flexibility index (Phi) is 6.24. The van der Waals surface area contributed by atoms with Gasteiger partial charge in [-0.05, 0) is 29.7 Å². The van der Waals surface area contributed by atoms with E-state index in [1.165, 1.54) is 10.1 Å². The zero-order chi connectivity index (χ0) is 28.6. The topological polar surface area (TPSA) is 64.5 Å². The first-order valence-electron chi connectivity index (χ1n) is 14.0. The van der Waals surface area contributed by atoms with Gasteiger partial charge < -0.3 is 0 Å². The summed E-state index contributed by atoms with van der Waals surface area (Å²) >= 11 is 1.73. The number of pyridine rings is 1. The summed E-state index contributed by atoms with van der Waals surface area (Å²) in [6, 6.07) is 45.1. The van der Waals surface area contributed by atoms with E-state index in [1.54, 1.807) is 11.3 Å². The van der Waals surface area contributed by atoms with Gasteiger partial charge in [-0.15, -0.1) is 11.3 Å². The number of fused-ring (bicyclic) bond motifs is 3. The summed E-state index contributed by atoms with van der Waals surface area (Å²) in [6.45, 7) is 0. The van der Waals surface area contributed by atoms with Crippen molar-refractivity contribution in [3.05, 3.63) is 140 Å². The Labute approximate surface area is 252 Å². The molecule has 0 spiro atoms. The molecule has 0 aliphatic rings. The minimum atomic E-state index is 0.590. The first-order chi connectivity index (χ1) is 21.3. The van der Waals surface area contributed by atoms with Crippen molar-refractivity contribution in [2.45, 2.75) is 0 Å². The van der Waals surface area contributed by atoms with Crippen molar-refractivity contribution in [3.8, 4) is 56.0 Å². The van der Waals surface area contributed by atoms with E-state index in [4.69, 9.17) is 24.9 Å². The second-order valence-corrected chi connectivity index (χ2v) is 11.2. The molecule has 0 amide bonds. The molecule has 5 aromatic carbocycles. The van der Waals surface area contributed by atoms with E-state index in [9.17, 15) is 0 Å². The van der Waals surface area contributed by atoms with E-state index in [0.29, 0.717) is 17.5 Å². The maximum atomic E-state index is 4.89. The number of thiazole rings is 1. The highest BCUT2D eigenvalue weighted by Crippen LogP contribution is 2.36. The molecule has 202 valence electrons. The van der Waals surface area contributed by atoms with E-state index in [-0.39, 0.29) is 0 Å². The Hall–Kier alpha value is -5.59. The van der Waals surface area contributed by atoms with Gasteiger partial charge in [-0.25, -0.2) is 19.9 Å². The molecule has 0 bridgehead atoms. The van der Waals surface area contributed by atoms with Crippen molar-refractivity contribution < 1.29 is 0 Å². The van der Waals surface area contributed by atoms with E-state index in [0.717, 1.165) is 49.4 Å². The van der Waals surface area contributed by atoms with Crippen molar-refractivity contribution in [3.63, 3.8) is 0 Å². The molecule has 5 nitrogen and oxygen atoms in total. The summed E-state index contributed by atoms with van der Waals surface area (Å²) in [5.74, 6) is 1.85. The van der Waals surface area contributed by atoms with Gasteiger partial charge in [0, 0.05) is 39.4 Å². The van der Waals surface area contributed by atoms with Crippen molar-refractivity contribution in [1.29, 1.82) is 0 Å². The molecule has 43 heavy (non-hydrogen) atoms. The zero-order valence-electron chi connectivity index (χ0n) is 22.9. The Morgan fingerprint density at radius 1 is 0.442 bits per heavy atom. The number of hydrogen-bond donors (Lipinski definition) is 0. The SMILES string of the molecule is c1ccc(-c2nc(-c3ccccc3)nc(-c3ccc(-c4ccc5c(ccc6nc(-c7ccccc7)sc65)c4)nc3)n2)cc1. The third-order valence-electron chi connectivity index (χ3n) is 7.41. The molecule has 0 N–H and O–H groups in total. The van der Waals surface area contributed by atoms with E-state index in [2.05, 4.69) is 54.6 Å². The van der Waals surface area contributed by atoms with Crippen LogP contribution in [0.2, 0.25) is 0 Å².